The molecule has 0 aromatic carbocycles. The molecule has 0 rings (SSSR count). The first-order chi connectivity index (χ1) is 46.5. The SMILES string of the molecule is CCCCC/C=C\C/C=C\CCCCCCCC(=O)OCCCCCCCCCCCCCCCCCC/C=C\CCCCCCCCCCCCCCCCCCCC(=O)NC(CO)C(O)/C=C/CCCCCCCCCCCCCCCCCCCCCCCCC. The molecule has 3 N–H and O–H groups in total. The number of aliphatic hydroxyl groups is 2. The number of esters is 1. The molecule has 6 nitrogen and oxygen atoms in total. The second kappa shape index (κ2) is 83.2. The van der Waals surface area contributed by atoms with Crippen LogP contribution in [0, 0.1) is 0 Å². The van der Waals surface area contributed by atoms with E-state index in [9.17, 15) is 19.8 Å². The van der Waals surface area contributed by atoms with Crippen LogP contribution in [-0.2, 0) is 14.3 Å². The minimum atomic E-state index is -0.844. The Labute approximate surface area is 588 Å². The molecule has 0 saturated carbocycles. The Bertz CT molecular complexity index is 1570. The summed E-state index contributed by atoms with van der Waals surface area (Å²) in [6.45, 7) is 4.92. The molecule has 0 bridgehead atoms. The molecule has 0 radical (unpaired) electrons. The standard InChI is InChI=1S/C88H167NO5/c1-3-5-7-9-11-13-15-17-19-20-21-22-23-37-40-43-46-49-53-56-60-64-68-72-76-80-86(91)85(84-90)89-87(92)81-77-73-69-65-61-57-54-50-47-44-41-38-35-33-31-29-27-25-24-26-28-30-32-34-36-39-42-45-48-51-55-59-63-67-71-75-79-83-94-88(93)82-78-74-70-66-62-58-52-18-16-14-12-10-8-6-4-2/h12,14,18,24,26,52,76,80,85-86,90-91H,3-11,13,15-17,19-23,25,27-51,53-75,77-79,81-84H2,1-2H3,(H,89,92)/b14-12-,26-24-,52-18-,80-76+. The van der Waals surface area contributed by atoms with Crippen LogP contribution in [-0.4, -0.2) is 47.4 Å². The number of carbonyl (C=O) groups excluding carboxylic acids is 2. The van der Waals surface area contributed by atoms with Crippen LogP contribution in [0.25, 0.3) is 0 Å². The van der Waals surface area contributed by atoms with Crippen molar-refractivity contribution in [2.24, 2.45) is 0 Å². The number of unbranched alkanes of at least 4 members (excludes halogenated alkanes) is 64. The number of nitrogens with one attached hydrogen (secondary N) is 1. The Morgan fingerprint density at radius 2 is 0.532 bits per heavy atom. The van der Waals surface area contributed by atoms with Crippen LogP contribution in [0.15, 0.2) is 48.6 Å². The number of hydrogen-bond acceptors (Lipinski definition) is 5. The van der Waals surface area contributed by atoms with E-state index in [4.69, 9.17) is 4.74 Å². The molecule has 0 aliphatic rings. The summed E-state index contributed by atoms with van der Waals surface area (Å²) in [6, 6.07) is -0.627. The second-order valence-electron chi connectivity index (χ2n) is 29.5. The van der Waals surface area contributed by atoms with Crippen molar-refractivity contribution >= 4 is 11.9 Å². The van der Waals surface area contributed by atoms with Gasteiger partial charge in [-0.3, -0.25) is 9.59 Å². The molecule has 6 heteroatoms. The maximum atomic E-state index is 12.6. The zero-order chi connectivity index (χ0) is 67.7. The van der Waals surface area contributed by atoms with E-state index in [1.807, 2.05) is 6.08 Å². The molecular weight excluding hydrogens is 1150 g/mol. The van der Waals surface area contributed by atoms with Gasteiger partial charge in [0.15, 0.2) is 0 Å². The minimum absolute atomic E-state index is 0.00777. The lowest BCUT2D eigenvalue weighted by Crippen LogP contribution is -2.45. The molecule has 1 amide bonds. The number of hydrogen-bond donors (Lipinski definition) is 3. The quantitative estimate of drug-likeness (QED) is 0.0320. The van der Waals surface area contributed by atoms with E-state index < -0.39 is 12.1 Å². The molecule has 0 aliphatic heterocycles. The average molecular weight is 1320 g/mol. The van der Waals surface area contributed by atoms with Crippen LogP contribution >= 0.6 is 0 Å². The maximum Gasteiger partial charge on any atom is 0.305 e. The van der Waals surface area contributed by atoms with Crippen LogP contribution in [0.4, 0.5) is 0 Å². The fourth-order valence-electron chi connectivity index (χ4n) is 13.5. The van der Waals surface area contributed by atoms with Gasteiger partial charge in [0.25, 0.3) is 0 Å². The van der Waals surface area contributed by atoms with E-state index in [-0.39, 0.29) is 18.5 Å². The van der Waals surface area contributed by atoms with Crippen LogP contribution in [0.5, 0.6) is 0 Å². The third-order valence-corrected chi connectivity index (χ3v) is 20.1. The van der Waals surface area contributed by atoms with Crippen molar-refractivity contribution in [3.05, 3.63) is 48.6 Å². The molecule has 0 heterocycles. The molecule has 0 aromatic rings. The van der Waals surface area contributed by atoms with Gasteiger partial charge in [-0.2, -0.15) is 0 Å². The number of aliphatic hydroxyl groups excluding tert-OH is 2. The van der Waals surface area contributed by atoms with Crippen molar-refractivity contribution in [2.75, 3.05) is 13.2 Å². The van der Waals surface area contributed by atoms with E-state index in [0.717, 1.165) is 51.4 Å². The van der Waals surface area contributed by atoms with Crippen molar-refractivity contribution in [1.29, 1.82) is 0 Å². The normalized spacial score (nSPS) is 12.7. The van der Waals surface area contributed by atoms with E-state index in [2.05, 4.69) is 55.6 Å². The van der Waals surface area contributed by atoms with Gasteiger partial charge in [-0.05, 0) is 89.9 Å². The Morgan fingerprint density at radius 3 is 0.840 bits per heavy atom. The molecule has 0 saturated heterocycles. The van der Waals surface area contributed by atoms with Crippen molar-refractivity contribution < 1.29 is 24.5 Å². The largest absolute Gasteiger partial charge is 0.466 e. The van der Waals surface area contributed by atoms with Crippen molar-refractivity contribution in [2.45, 2.75) is 488 Å². The first kappa shape index (κ1) is 91.8. The average Bonchev–Trinajstić information content (AvgIpc) is 3.59. The second-order valence-corrected chi connectivity index (χ2v) is 29.5. The molecule has 554 valence electrons. The zero-order valence-corrected chi connectivity index (χ0v) is 63.7. The number of carbonyl (C=O) groups is 2. The summed E-state index contributed by atoms with van der Waals surface area (Å²) in [5, 5.41) is 23.3. The van der Waals surface area contributed by atoms with Crippen molar-refractivity contribution in [3.63, 3.8) is 0 Å². The molecule has 94 heavy (non-hydrogen) atoms. The topological polar surface area (TPSA) is 95.9 Å². The summed E-state index contributed by atoms with van der Waals surface area (Å²) >= 11 is 0. The summed E-state index contributed by atoms with van der Waals surface area (Å²) in [4.78, 5) is 24.7. The van der Waals surface area contributed by atoms with Gasteiger partial charge in [0.05, 0.1) is 25.4 Å². The fourth-order valence-corrected chi connectivity index (χ4v) is 13.5. The van der Waals surface area contributed by atoms with Gasteiger partial charge >= 0.3 is 5.97 Å². The van der Waals surface area contributed by atoms with E-state index >= 15 is 0 Å². The molecule has 0 aromatic heterocycles. The summed E-state index contributed by atoms with van der Waals surface area (Å²) in [5.74, 6) is -0.0510. The highest BCUT2D eigenvalue weighted by Gasteiger charge is 2.18. The van der Waals surface area contributed by atoms with Crippen LogP contribution in [0.3, 0.4) is 0 Å². The van der Waals surface area contributed by atoms with Gasteiger partial charge in [0.2, 0.25) is 5.91 Å². The van der Waals surface area contributed by atoms with Crippen LogP contribution in [0.1, 0.15) is 476 Å². The van der Waals surface area contributed by atoms with E-state index in [1.165, 1.54) is 398 Å². The Hall–Kier alpha value is -2.18. The summed E-state index contributed by atoms with van der Waals surface area (Å²) < 4.78 is 5.50. The van der Waals surface area contributed by atoms with E-state index in [1.54, 1.807) is 6.08 Å². The maximum absolute atomic E-state index is 12.6. The van der Waals surface area contributed by atoms with Crippen LogP contribution < -0.4 is 5.32 Å². The lowest BCUT2D eigenvalue weighted by atomic mass is 10.0. The predicted molar refractivity (Wildman–Crippen MR) is 416 cm³/mol. The molecule has 2 unspecified atom stereocenters. The van der Waals surface area contributed by atoms with Gasteiger partial charge in [0.1, 0.15) is 0 Å². The minimum Gasteiger partial charge on any atom is -0.466 e. The molecule has 2 atom stereocenters. The smallest absolute Gasteiger partial charge is 0.305 e. The Kier molecular flexibility index (Phi) is 81.3. The summed E-state index contributed by atoms with van der Waals surface area (Å²) in [5.41, 5.74) is 0. The molecule has 0 fully saturated rings. The number of amides is 1. The van der Waals surface area contributed by atoms with Gasteiger partial charge in [0, 0.05) is 12.8 Å². The molecular formula is C88H167NO5. The first-order valence-corrected chi connectivity index (χ1v) is 42.9. The highest BCUT2D eigenvalue weighted by Crippen LogP contribution is 2.20. The number of ether oxygens (including phenoxy) is 1. The third-order valence-electron chi connectivity index (χ3n) is 20.1. The highest BCUT2D eigenvalue weighted by molar-refractivity contribution is 5.76. The Balaban J connectivity index is 3.36. The number of allylic oxidation sites excluding steroid dienone is 7. The Morgan fingerprint density at radius 1 is 0.298 bits per heavy atom. The monoisotopic (exact) mass is 1320 g/mol. The fraction of sp³-hybridized carbons (Fsp3) is 0.886. The van der Waals surface area contributed by atoms with Crippen LogP contribution in [0.2, 0.25) is 0 Å². The lowest BCUT2D eigenvalue weighted by molar-refractivity contribution is -0.143. The zero-order valence-electron chi connectivity index (χ0n) is 63.7. The predicted octanol–water partition coefficient (Wildman–Crippen LogP) is 28.7. The lowest BCUT2D eigenvalue weighted by Gasteiger charge is -2.20. The van der Waals surface area contributed by atoms with Gasteiger partial charge in [-0.1, -0.05) is 422 Å². The van der Waals surface area contributed by atoms with Crippen molar-refractivity contribution in [3.8, 4) is 0 Å². The molecule has 0 spiro atoms. The van der Waals surface area contributed by atoms with Crippen molar-refractivity contribution in [1.82, 2.24) is 5.32 Å². The highest BCUT2D eigenvalue weighted by atomic mass is 16.5. The number of rotatable bonds is 81. The summed E-state index contributed by atoms with van der Waals surface area (Å²) in [7, 11) is 0. The third kappa shape index (κ3) is 78.8. The molecule has 0 aliphatic carbocycles. The van der Waals surface area contributed by atoms with Gasteiger partial charge in [-0.25, -0.2) is 0 Å². The van der Waals surface area contributed by atoms with E-state index in [0.29, 0.717) is 19.4 Å². The first-order valence-electron chi connectivity index (χ1n) is 42.9. The van der Waals surface area contributed by atoms with Gasteiger partial charge in [-0.15, -0.1) is 0 Å². The van der Waals surface area contributed by atoms with Gasteiger partial charge < -0.3 is 20.3 Å². The summed E-state index contributed by atoms with van der Waals surface area (Å²) in [6.07, 6.45) is 111.